The number of fused-ring (bicyclic) bond motifs is 3. The molecule has 1 aromatic heterocycles. The first-order chi connectivity index (χ1) is 16.2. The fourth-order valence-corrected chi connectivity index (χ4v) is 5.39. The van der Waals surface area contributed by atoms with Crippen LogP contribution in [0.15, 0.2) is 40.2 Å². The van der Waals surface area contributed by atoms with Crippen molar-refractivity contribution >= 4 is 22.6 Å². The molecule has 0 amide bonds. The van der Waals surface area contributed by atoms with Gasteiger partial charge in [0, 0.05) is 50.9 Å². The molecule has 3 aliphatic rings. The molecular weight excluding hydrogens is 438 g/mol. The number of methoxy groups -OCH3 is 2. The first-order valence-corrected chi connectivity index (χ1v) is 12.4. The van der Waals surface area contributed by atoms with Crippen LogP contribution in [-0.4, -0.2) is 81.7 Å². The van der Waals surface area contributed by atoms with Crippen molar-refractivity contribution in [2.75, 3.05) is 60.1 Å². The van der Waals surface area contributed by atoms with Crippen LogP contribution in [0.25, 0.3) is 5.57 Å². The number of ether oxygens (including phenoxy) is 3. The second-order valence-corrected chi connectivity index (χ2v) is 9.52. The Bertz CT molecular complexity index is 1030. The number of hydrogen-bond acceptors (Lipinski definition) is 8. The van der Waals surface area contributed by atoms with Crippen LogP contribution in [0.4, 0.5) is 0 Å². The summed E-state index contributed by atoms with van der Waals surface area (Å²) in [5.74, 6) is 2.23. The topological polar surface area (TPSA) is 55.8 Å². The van der Waals surface area contributed by atoms with Crippen molar-refractivity contribution in [2.45, 2.75) is 13.0 Å². The van der Waals surface area contributed by atoms with Gasteiger partial charge in [0.05, 0.1) is 20.1 Å². The second kappa shape index (κ2) is 9.75. The number of thiophene rings is 1. The van der Waals surface area contributed by atoms with Gasteiger partial charge in [0.15, 0.2) is 17.6 Å². The predicted octanol–water partition coefficient (Wildman–Crippen LogP) is 3.60. The van der Waals surface area contributed by atoms with Crippen molar-refractivity contribution in [1.29, 1.82) is 0 Å². The number of oxime groups is 1. The number of allylic oxidation sites excluding steroid dienone is 1. The fourth-order valence-electron chi connectivity index (χ4n) is 4.68. The highest BCUT2D eigenvalue weighted by molar-refractivity contribution is 7.08. The van der Waals surface area contributed by atoms with Crippen LogP contribution in [0.1, 0.15) is 18.1 Å². The monoisotopic (exact) mass is 469 g/mol. The number of benzene rings is 1. The van der Waals surface area contributed by atoms with E-state index in [-0.39, 0.29) is 12.0 Å². The van der Waals surface area contributed by atoms with Gasteiger partial charge in [0.25, 0.3) is 0 Å². The Kier molecular flexibility index (Phi) is 6.57. The molecule has 176 valence electrons. The summed E-state index contributed by atoms with van der Waals surface area (Å²) < 4.78 is 16.9. The van der Waals surface area contributed by atoms with Gasteiger partial charge in [-0.25, -0.2) is 0 Å². The largest absolute Gasteiger partial charge is 0.493 e. The van der Waals surface area contributed by atoms with Crippen LogP contribution in [0.5, 0.6) is 17.2 Å². The van der Waals surface area contributed by atoms with Gasteiger partial charge in [-0.2, -0.15) is 11.3 Å². The summed E-state index contributed by atoms with van der Waals surface area (Å²) in [6.07, 6.45) is 2.35. The van der Waals surface area contributed by atoms with Crippen molar-refractivity contribution in [1.82, 2.24) is 9.80 Å². The van der Waals surface area contributed by atoms with Crippen LogP contribution in [-0.2, 0) is 4.84 Å². The maximum atomic E-state index is 6.07. The van der Waals surface area contributed by atoms with Crippen LogP contribution in [0.2, 0.25) is 0 Å². The summed E-state index contributed by atoms with van der Waals surface area (Å²) in [6.45, 7) is 8.83. The van der Waals surface area contributed by atoms with E-state index in [1.165, 1.54) is 11.1 Å². The number of nitrogens with zero attached hydrogens (tertiary/aromatic N) is 3. The van der Waals surface area contributed by atoms with E-state index in [2.05, 4.69) is 44.8 Å². The SMILES string of the molecule is COc1cc2c(cc1OC)C1=NO[C@@H](CN3CCN(C/C=C(\C)c4ccsc4)CC3)[C@@H]1CO2. The van der Waals surface area contributed by atoms with E-state index in [0.29, 0.717) is 18.1 Å². The van der Waals surface area contributed by atoms with Gasteiger partial charge in [-0.1, -0.05) is 11.2 Å². The van der Waals surface area contributed by atoms with Crippen molar-refractivity contribution in [2.24, 2.45) is 11.1 Å². The Hall–Kier alpha value is -2.55. The van der Waals surface area contributed by atoms with Crippen LogP contribution >= 0.6 is 11.3 Å². The zero-order valence-electron chi connectivity index (χ0n) is 19.5. The molecule has 1 aromatic carbocycles. The molecule has 0 spiro atoms. The molecule has 8 heteroatoms. The van der Waals surface area contributed by atoms with Gasteiger partial charge < -0.3 is 19.0 Å². The summed E-state index contributed by atoms with van der Waals surface area (Å²) in [4.78, 5) is 10.9. The Morgan fingerprint density at radius 3 is 2.64 bits per heavy atom. The molecule has 3 aliphatic heterocycles. The Balaban J connectivity index is 1.16. The van der Waals surface area contributed by atoms with Crippen LogP contribution < -0.4 is 14.2 Å². The zero-order valence-corrected chi connectivity index (χ0v) is 20.3. The minimum Gasteiger partial charge on any atom is -0.493 e. The van der Waals surface area contributed by atoms with Crippen molar-refractivity contribution in [3.63, 3.8) is 0 Å². The smallest absolute Gasteiger partial charge is 0.164 e. The predicted molar refractivity (Wildman–Crippen MR) is 131 cm³/mol. The summed E-state index contributed by atoms with van der Waals surface area (Å²) in [5, 5.41) is 8.81. The third kappa shape index (κ3) is 4.60. The first-order valence-electron chi connectivity index (χ1n) is 11.4. The van der Waals surface area contributed by atoms with E-state index in [4.69, 9.17) is 19.0 Å². The molecule has 0 unspecified atom stereocenters. The standard InChI is InChI=1S/C25H31N3O4S/c1-17(18-5-11-33-16-18)4-6-27-7-9-28(10-8-27)14-24-20-15-31-21-13-23(30-3)22(29-2)12-19(21)25(20)26-32-24/h4-5,11-13,16,20,24H,6-10,14-15H2,1-3H3/b17-4+/t20-,24-/m0/s1. The van der Waals surface area contributed by atoms with Crippen molar-refractivity contribution in [3.8, 4) is 17.2 Å². The van der Waals surface area contributed by atoms with Gasteiger partial charge in [0.1, 0.15) is 18.1 Å². The molecule has 7 nitrogen and oxygen atoms in total. The molecule has 1 fully saturated rings. The maximum absolute atomic E-state index is 6.07. The molecule has 0 N–H and O–H groups in total. The first kappa shape index (κ1) is 22.3. The molecular formula is C25H31N3O4S. The lowest BCUT2D eigenvalue weighted by atomic mass is 9.90. The van der Waals surface area contributed by atoms with Gasteiger partial charge in [0.2, 0.25) is 0 Å². The number of hydrogen-bond donors (Lipinski definition) is 0. The van der Waals surface area contributed by atoms with E-state index >= 15 is 0 Å². The number of rotatable bonds is 7. The minimum atomic E-state index is 0.00790. The molecule has 2 aromatic rings. The summed E-state index contributed by atoms with van der Waals surface area (Å²) >= 11 is 1.75. The van der Waals surface area contributed by atoms with Gasteiger partial charge in [-0.05, 0) is 41.0 Å². The normalized spacial score (nSPS) is 23.2. The highest BCUT2D eigenvalue weighted by Gasteiger charge is 2.41. The fraction of sp³-hybridized carbons (Fsp3) is 0.480. The van der Waals surface area contributed by atoms with Gasteiger partial charge in [-0.15, -0.1) is 0 Å². The summed E-state index contributed by atoms with van der Waals surface area (Å²) in [6, 6.07) is 6.00. The lowest BCUT2D eigenvalue weighted by Crippen LogP contribution is -2.50. The molecule has 5 rings (SSSR count). The van der Waals surface area contributed by atoms with Gasteiger partial charge >= 0.3 is 0 Å². The quantitative estimate of drug-likeness (QED) is 0.618. The van der Waals surface area contributed by atoms with Crippen LogP contribution in [0.3, 0.4) is 0 Å². The molecule has 33 heavy (non-hydrogen) atoms. The molecule has 0 radical (unpaired) electrons. The van der Waals surface area contributed by atoms with Crippen molar-refractivity contribution < 1.29 is 19.0 Å². The van der Waals surface area contributed by atoms with E-state index < -0.39 is 0 Å². The molecule has 0 bridgehead atoms. The average molecular weight is 470 g/mol. The Morgan fingerprint density at radius 2 is 1.91 bits per heavy atom. The van der Waals surface area contributed by atoms with Crippen LogP contribution in [0, 0.1) is 5.92 Å². The lowest BCUT2D eigenvalue weighted by Gasteiger charge is -2.36. The molecule has 2 atom stereocenters. The Morgan fingerprint density at radius 1 is 1.15 bits per heavy atom. The molecule has 4 heterocycles. The lowest BCUT2D eigenvalue weighted by molar-refractivity contribution is 0.0103. The molecule has 1 saturated heterocycles. The second-order valence-electron chi connectivity index (χ2n) is 8.74. The highest BCUT2D eigenvalue weighted by Crippen LogP contribution is 2.40. The average Bonchev–Trinajstić information content (AvgIpc) is 3.53. The minimum absolute atomic E-state index is 0.00790. The van der Waals surface area contributed by atoms with E-state index in [1.807, 2.05) is 12.1 Å². The molecule has 0 aliphatic carbocycles. The summed E-state index contributed by atoms with van der Waals surface area (Å²) in [7, 11) is 3.27. The van der Waals surface area contributed by atoms with E-state index in [1.54, 1.807) is 25.6 Å². The van der Waals surface area contributed by atoms with E-state index in [0.717, 1.165) is 56.3 Å². The van der Waals surface area contributed by atoms with Gasteiger partial charge in [-0.3, -0.25) is 9.80 Å². The van der Waals surface area contributed by atoms with E-state index in [9.17, 15) is 0 Å². The third-order valence-electron chi connectivity index (χ3n) is 6.80. The molecule has 0 saturated carbocycles. The Labute approximate surface area is 199 Å². The highest BCUT2D eigenvalue weighted by atomic mass is 32.1. The number of piperazine rings is 1. The van der Waals surface area contributed by atoms with Crippen molar-refractivity contribution in [3.05, 3.63) is 46.2 Å². The third-order valence-corrected chi connectivity index (χ3v) is 7.49. The maximum Gasteiger partial charge on any atom is 0.164 e. The summed E-state index contributed by atoms with van der Waals surface area (Å²) in [5.41, 5.74) is 4.58. The zero-order chi connectivity index (χ0) is 22.8.